The summed E-state index contributed by atoms with van der Waals surface area (Å²) in [6, 6.07) is 4.58. The summed E-state index contributed by atoms with van der Waals surface area (Å²) in [6.07, 6.45) is 8.31. The first-order chi connectivity index (χ1) is 15.3. The van der Waals surface area contributed by atoms with E-state index in [1.54, 1.807) is 19.2 Å². The van der Waals surface area contributed by atoms with Gasteiger partial charge in [-0.1, -0.05) is 6.07 Å². The second-order valence-electron chi connectivity index (χ2n) is 9.80. The van der Waals surface area contributed by atoms with Gasteiger partial charge in [-0.25, -0.2) is 9.37 Å². The third kappa shape index (κ3) is 3.61. The highest BCUT2D eigenvalue weighted by atomic mass is 19.1. The molecule has 32 heavy (non-hydrogen) atoms. The molecule has 4 aliphatic carbocycles. The van der Waals surface area contributed by atoms with Crippen molar-refractivity contribution in [1.29, 1.82) is 0 Å². The van der Waals surface area contributed by atoms with Gasteiger partial charge in [-0.3, -0.25) is 14.6 Å². The minimum atomic E-state index is -0.654. The number of nitrogens with one attached hydrogen (secondary N) is 2. The maximum absolute atomic E-state index is 14.7. The maximum atomic E-state index is 14.7. The Morgan fingerprint density at radius 1 is 1.06 bits per heavy atom. The maximum Gasteiger partial charge on any atom is 0.271 e. The van der Waals surface area contributed by atoms with E-state index in [-0.39, 0.29) is 17.2 Å². The molecule has 0 spiro atoms. The van der Waals surface area contributed by atoms with Gasteiger partial charge >= 0.3 is 0 Å². The van der Waals surface area contributed by atoms with Crippen LogP contribution < -0.4 is 15.4 Å². The molecule has 7 nitrogen and oxygen atoms in total. The molecular formula is C24H27FN4O3. The zero-order valence-corrected chi connectivity index (χ0v) is 18.3. The van der Waals surface area contributed by atoms with Crippen molar-refractivity contribution in [1.82, 2.24) is 20.6 Å². The molecule has 2 amide bonds. The van der Waals surface area contributed by atoms with E-state index in [1.165, 1.54) is 25.4 Å². The van der Waals surface area contributed by atoms with Gasteiger partial charge in [-0.2, -0.15) is 0 Å². The Morgan fingerprint density at radius 2 is 1.72 bits per heavy atom. The van der Waals surface area contributed by atoms with Crippen LogP contribution in [0.4, 0.5) is 4.39 Å². The number of aromatic nitrogens is 2. The van der Waals surface area contributed by atoms with E-state index in [2.05, 4.69) is 20.6 Å². The number of ether oxygens (including phenoxy) is 1. The second-order valence-corrected chi connectivity index (χ2v) is 9.80. The van der Waals surface area contributed by atoms with Crippen molar-refractivity contribution in [2.45, 2.75) is 56.5 Å². The summed E-state index contributed by atoms with van der Waals surface area (Å²) in [7, 11) is 1.38. The average Bonchev–Trinajstić information content (AvgIpc) is 2.72. The number of methoxy groups -OCH3 is 1. The van der Waals surface area contributed by atoms with E-state index in [9.17, 15) is 14.0 Å². The van der Waals surface area contributed by atoms with Gasteiger partial charge in [-0.05, 0) is 69.4 Å². The number of rotatable bonds is 5. The fraction of sp³-hybridized carbons (Fsp3) is 0.500. The molecule has 4 bridgehead atoms. The minimum Gasteiger partial charge on any atom is -0.494 e. The van der Waals surface area contributed by atoms with Crippen LogP contribution in [0.25, 0.3) is 0 Å². The first-order valence-corrected chi connectivity index (χ1v) is 11.1. The third-order valence-corrected chi connectivity index (χ3v) is 7.23. The molecule has 1 aromatic heterocycles. The van der Waals surface area contributed by atoms with Crippen LogP contribution in [0.1, 0.15) is 65.1 Å². The molecule has 2 N–H and O–H groups in total. The molecular weight excluding hydrogens is 411 g/mol. The van der Waals surface area contributed by atoms with Crippen LogP contribution in [0.15, 0.2) is 30.6 Å². The lowest BCUT2D eigenvalue weighted by atomic mass is 9.49. The molecule has 2 atom stereocenters. The van der Waals surface area contributed by atoms with Crippen molar-refractivity contribution in [2.24, 2.45) is 11.8 Å². The molecule has 4 saturated carbocycles. The lowest BCUT2D eigenvalue weighted by Crippen LogP contribution is -2.70. The lowest BCUT2D eigenvalue weighted by Gasteiger charge is -2.62. The Bertz CT molecular complexity index is 1070. The molecule has 0 aliphatic heterocycles. The average molecular weight is 439 g/mol. The second kappa shape index (κ2) is 7.53. The highest BCUT2D eigenvalue weighted by molar-refractivity contribution is 5.95. The van der Waals surface area contributed by atoms with Gasteiger partial charge in [0.25, 0.3) is 11.8 Å². The van der Waals surface area contributed by atoms with Crippen molar-refractivity contribution < 1.29 is 18.7 Å². The Balaban J connectivity index is 1.39. The number of aryl methyl sites for hydroxylation is 1. The van der Waals surface area contributed by atoms with Crippen molar-refractivity contribution in [2.75, 3.05) is 7.11 Å². The fourth-order valence-corrected chi connectivity index (χ4v) is 6.58. The largest absolute Gasteiger partial charge is 0.494 e. The van der Waals surface area contributed by atoms with Gasteiger partial charge in [0.05, 0.1) is 24.6 Å². The summed E-state index contributed by atoms with van der Waals surface area (Å²) in [6.45, 7) is 1.80. The molecule has 1 aromatic carbocycles. The van der Waals surface area contributed by atoms with Crippen LogP contribution in [0.3, 0.4) is 0 Å². The van der Waals surface area contributed by atoms with E-state index >= 15 is 0 Å². The predicted molar refractivity (Wildman–Crippen MR) is 115 cm³/mol. The Hall–Kier alpha value is -3.03. The number of hydrogen-bond donors (Lipinski definition) is 2. The number of halogens is 1. The number of nitrogens with zero attached hydrogens (tertiary/aromatic N) is 2. The normalized spacial score (nSPS) is 30.1. The fourth-order valence-electron chi connectivity index (χ4n) is 6.58. The van der Waals surface area contributed by atoms with Gasteiger partial charge in [0.1, 0.15) is 5.69 Å². The highest BCUT2D eigenvalue weighted by Crippen LogP contribution is 2.57. The van der Waals surface area contributed by atoms with Crippen LogP contribution >= 0.6 is 0 Å². The molecule has 2 aromatic rings. The molecule has 168 valence electrons. The van der Waals surface area contributed by atoms with Gasteiger partial charge in [0.2, 0.25) is 0 Å². The molecule has 0 radical (unpaired) electrons. The summed E-state index contributed by atoms with van der Waals surface area (Å²) in [5, 5.41) is 6.41. The summed E-state index contributed by atoms with van der Waals surface area (Å²) in [5.74, 6) is -0.450. The Labute approximate surface area is 186 Å². The molecule has 1 heterocycles. The third-order valence-electron chi connectivity index (χ3n) is 7.23. The summed E-state index contributed by atoms with van der Waals surface area (Å²) < 4.78 is 19.7. The topological polar surface area (TPSA) is 93.2 Å². The molecule has 0 saturated heterocycles. The van der Waals surface area contributed by atoms with Crippen LogP contribution in [-0.2, 0) is 0 Å². The van der Waals surface area contributed by atoms with Gasteiger partial charge in [0, 0.05) is 17.3 Å². The van der Waals surface area contributed by atoms with Gasteiger partial charge in [-0.15, -0.1) is 0 Å². The quantitative estimate of drug-likeness (QED) is 0.748. The first-order valence-electron chi connectivity index (χ1n) is 11.1. The smallest absolute Gasteiger partial charge is 0.271 e. The SMILES string of the molecule is COc1cccc(C(=O)NC23CC4CC(CC(NC(=O)c5cncc(C)n5)(C4)C2)C3)c1F. The molecule has 4 fully saturated rings. The van der Waals surface area contributed by atoms with Crippen molar-refractivity contribution in [3.05, 3.63) is 53.4 Å². The number of carbonyl (C=O) groups is 2. The van der Waals surface area contributed by atoms with Crippen LogP contribution in [0.2, 0.25) is 0 Å². The molecule has 6 rings (SSSR count). The summed E-state index contributed by atoms with van der Waals surface area (Å²) >= 11 is 0. The first kappa shape index (κ1) is 20.8. The zero-order valence-electron chi connectivity index (χ0n) is 18.3. The minimum absolute atomic E-state index is 0.0202. The van der Waals surface area contributed by atoms with Crippen molar-refractivity contribution >= 4 is 11.8 Å². The number of hydrogen-bond acceptors (Lipinski definition) is 5. The molecule has 4 aliphatic rings. The van der Waals surface area contributed by atoms with Crippen LogP contribution in [0.5, 0.6) is 5.75 Å². The van der Waals surface area contributed by atoms with Crippen molar-refractivity contribution in [3.63, 3.8) is 0 Å². The summed E-state index contributed by atoms with van der Waals surface area (Å²) in [4.78, 5) is 34.5. The van der Waals surface area contributed by atoms with E-state index in [4.69, 9.17) is 4.74 Å². The van der Waals surface area contributed by atoms with E-state index in [0.717, 1.165) is 32.1 Å². The number of carbonyl (C=O) groups excluding carboxylic acids is 2. The van der Waals surface area contributed by atoms with Crippen LogP contribution in [0, 0.1) is 24.6 Å². The van der Waals surface area contributed by atoms with E-state index in [1.807, 2.05) is 0 Å². The number of benzene rings is 1. The molecule has 2 unspecified atom stereocenters. The number of amides is 2. The highest BCUT2D eigenvalue weighted by Gasteiger charge is 2.59. The monoisotopic (exact) mass is 438 g/mol. The van der Waals surface area contributed by atoms with E-state index in [0.29, 0.717) is 29.6 Å². The Kier molecular flexibility index (Phi) is 4.91. The lowest BCUT2D eigenvalue weighted by molar-refractivity contribution is -0.0449. The standard InChI is InChI=1S/C24H27FN4O3/c1-14-11-26-12-18(27-14)22(31)29-24-9-15-6-16(10-24)8-23(7-15,13-24)28-21(30)17-4-3-5-19(32-2)20(17)25/h3-5,11-12,15-16H,6-10,13H2,1-2H3,(H,28,30)(H,29,31). The van der Waals surface area contributed by atoms with Gasteiger partial charge < -0.3 is 15.4 Å². The Morgan fingerprint density at radius 3 is 2.34 bits per heavy atom. The molecule has 8 heteroatoms. The van der Waals surface area contributed by atoms with E-state index < -0.39 is 22.8 Å². The van der Waals surface area contributed by atoms with Gasteiger partial charge in [0.15, 0.2) is 11.6 Å². The van der Waals surface area contributed by atoms with Crippen molar-refractivity contribution in [3.8, 4) is 5.75 Å². The van der Waals surface area contributed by atoms with Crippen LogP contribution in [-0.4, -0.2) is 40.0 Å². The zero-order chi connectivity index (χ0) is 22.5. The summed E-state index contributed by atoms with van der Waals surface area (Å²) in [5.41, 5.74) is 0.118. The predicted octanol–water partition coefficient (Wildman–Crippen LogP) is 3.18.